The Labute approximate surface area is 211 Å². The van der Waals surface area contributed by atoms with Gasteiger partial charge in [-0.15, -0.1) is 0 Å². The van der Waals surface area contributed by atoms with Crippen LogP contribution in [0.15, 0.2) is 71.2 Å². The SMILES string of the molecule is CC1CC=Cc2c1c1ccccc1n2-c1ccc2oc3ccc(B4OC(C)(C)C(C)(C)O4)cc3c2c1. The zero-order valence-electron chi connectivity index (χ0n) is 21.5. The van der Waals surface area contributed by atoms with E-state index in [0.717, 1.165) is 39.5 Å². The number of aromatic nitrogens is 1. The monoisotopic (exact) mass is 475 g/mol. The molecular formula is C31H30BNO3. The van der Waals surface area contributed by atoms with Crippen LogP contribution in [0.25, 0.3) is 44.6 Å². The summed E-state index contributed by atoms with van der Waals surface area (Å²) in [6, 6.07) is 21.5. The molecule has 0 N–H and O–H groups in total. The molecule has 0 bridgehead atoms. The number of para-hydroxylation sites is 1. The first-order valence-electron chi connectivity index (χ1n) is 12.9. The van der Waals surface area contributed by atoms with Gasteiger partial charge in [0.2, 0.25) is 0 Å². The lowest BCUT2D eigenvalue weighted by atomic mass is 9.78. The number of benzene rings is 3. The number of hydrogen-bond acceptors (Lipinski definition) is 3. The highest BCUT2D eigenvalue weighted by Gasteiger charge is 2.51. The molecule has 1 saturated heterocycles. The second-order valence-electron chi connectivity index (χ2n) is 11.3. The molecule has 180 valence electrons. The first kappa shape index (κ1) is 22.0. The molecule has 1 fully saturated rings. The Morgan fingerprint density at radius 1 is 0.833 bits per heavy atom. The summed E-state index contributed by atoms with van der Waals surface area (Å²) in [6.45, 7) is 10.7. The van der Waals surface area contributed by atoms with Crippen molar-refractivity contribution < 1.29 is 13.7 Å². The van der Waals surface area contributed by atoms with Gasteiger partial charge in [-0.3, -0.25) is 0 Å². The molecule has 0 saturated carbocycles. The Morgan fingerprint density at radius 3 is 2.31 bits per heavy atom. The first-order valence-corrected chi connectivity index (χ1v) is 12.9. The van der Waals surface area contributed by atoms with Crippen molar-refractivity contribution in [2.24, 2.45) is 0 Å². The lowest BCUT2D eigenvalue weighted by Crippen LogP contribution is -2.41. The van der Waals surface area contributed by atoms with Gasteiger partial charge in [-0.05, 0) is 87.5 Å². The minimum atomic E-state index is -0.403. The summed E-state index contributed by atoms with van der Waals surface area (Å²) in [5, 5.41) is 3.51. The topological polar surface area (TPSA) is 36.5 Å². The van der Waals surface area contributed by atoms with E-state index in [2.05, 4.69) is 106 Å². The molecule has 2 aliphatic rings. The van der Waals surface area contributed by atoms with E-state index in [1.807, 2.05) is 6.07 Å². The molecule has 1 unspecified atom stereocenters. The average Bonchev–Trinajstić information content (AvgIpc) is 3.45. The van der Waals surface area contributed by atoms with E-state index in [-0.39, 0.29) is 11.2 Å². The molecular weight excluding hydrogens is 445 g/mol. The normalized spacial score (nSPS) is 20.6. The van der Waals surface area contributed by atoms with E-state index in [9.17, 15) is 0 Å². The molecule has 5 heteroatoms. The fraction of sp³-hybridized carbons (Fsp3) is 0.290. The third-order valence-electron chi connectivity index (χ3n) is 8.47. The van der Waals surface area contributed by atoms with Crippen LogP contribution < -0.4 is 5.46 Å². The highest BCUT2D eigenvalue weighted by atomic mass is 16.7. The number of allylic oxidation sites excluding steroid dienone is 1. The quantitative estimate of drug-likeness (QED) is 0.251. The maximum Gasteiger partial charge on any atom is 0.494 e. The number of nitrogens with zero attached hydrogens (tertiary/aromatic N) is 1. The van der Waals surface area contributed by atoms with E-state index in [4.69, 9.17) is 13.7 Å². The Kier molecular flexibility index (Phi) is 4.50. The molecule has 0 amide bonds. The van der Waals surface area contributed by atoms with E-state index in [1.54, 1.807) is 0 Å². The Balaban J connectivity index is 1.41. The maximum atomic E-state index is 6.33. The van der Waals surface area contributed by atoms with Gasteiger partial charge in [0, 0.05) is 27.5 Å². The summed E-state index contributed by atoms with van der Waals surface area (Å²) in [7, 11) is -0.403. The van der Waals surface area contributed by atoms with Gasteiger partial charge in [-0.2, -0.15) is 0 Å². The Hall–Kier alpha value is -3.28. The van der Waals surface area contributed by atoms with Crippen LogP contribution in [0, 0.1) is 0 Å². The lowest BCUT2D eigenvalue weighted by Gasteiger charge is -2.32. The van der Waals surface area contributed by atoms with Crippen molar-refractivity contribution in [1.82, 2.24) is 4.57 Å². The van der Waals surface area contributed by atoms with E-state index in [0.29, 0.717) is 5.92 Å². The minimum Gasteiger partial charge on any atom is -0.456 e. The average molecular weight is 475 g/mol. The third-order valence-corrected chi connectivity index (χ3v) is 8.47. The molecule has 7 rings (SSSR count). The predicted molar refractivity (Wildman–Crippen MR) is 148 cm³/mol. The van der Waals surface area contributed by atoms with Gasteiger partial charge in [0.15, 0.2) is 0 Å². The molecule has 0 spiro atoms. The highest BCUT2D eigenvalue weighted by Crippen LogP contribution is 2.41. The molecule has 5 aromatic rings. The zero-order valence-corrected chi connectivity index (χ0v) is 21.5. The molecule has 1 aliphatic heterocycles. The van der Waals surface area contributed by atoms with E-state index >= 15 is 0 Å². The fourth-order valence-electron chi connectivity index (χ4n) is 5.79. The summed E-state index contributed by atoms with van der Waals surface area (Å²) >= 11 is 0. The predicted octanol–water partition coefficient (Wildman–Crippen LogP) is 7.35. The Bertz CT molecular complexity index is 1690. The third kappa shape index (κ3) is 3.03. The lowest BCUT2D eigenvalue weighted by molar-refractivity contribution is 0.00578. The molecule has 4 nitrogen and oxygen atoms in total. The van der Waals surface area contributed by atoms with Crippen LogP contribution in [-0.2, 0) is 9.31 Å². The van der Waals surface area contributed by atoms with Crippen LogP contribution in [0.3, 0.4) is 0 Å². The molecule has 2 aromatic heterocycles. The van der Waals surface area contributed by atoms with Crippen molar-refractivity contribution in [3.8, 4) is 5.69 Å². The summed E-state index contributed by atoms with van der Waals surface area (Å²) < 4.78 is 21.3. The molecule has 3 heterocycles. The molecule has 0 radical (unpaired) electrons. The highest BCUT2D eigenvalue weighted by molar-refractivity contribution is 6.62. The van der Waals surface area contributed by atoms with Crippen LogP contribution in [0.2, 0.25) is 0 Å². The van der Waals surface area contributed by atoms with Gasteiger partial charge >= 0.3 is 7.12 Å². The Morgan fingerprint density at radius 2 is 1.53 bits per heavy atom. The summed E-state index contributed by atoms with van der Waals surface area (Å²) in [5.41, 5.74) is 7.11. The second kappa shape index (κ2) is 7.38. The maximum absolute atomic E-state index is 6.33. The largest absolute Gasteiger partial charge is 0.494 e. The number of hydrogen-bond donors (Lipinski definition) is 0. The van der Waals surface area contributed by atoms with Gasteiger partial charge in [0.1, 0.15) is 11.2 Å². The van der Waals surface area contributed by atoms with Gasteiger partial charge in [0.05, 0.1) is 16.7 Å². The van der Waals surface area contributed by atoms with Gasteiger partial charge in [-0.25, -0.2) is 0 Å². The number of furan rings is 1. The van der Waals surface area contributed by atoms with Crippen molar-refractivity contribution in [2.75, 3.05) is 0 Å². The van der Waals surface area contributed by atoms with Gasteiger partial charge in [-0.1, -0.05) is 43.3 Å². The smallest absolute Gasteiger partial charge is 0.456 e. The summed E-state index contributed by atoms with van der Waals surface area (Å²) in [4.78, 5) is 0. The molecule has 1 atom stereocenters. The second-order valence-corrected chi connectivity index (χ2v) is 11.3. The van der Waals surface area contributed by atoms with Gasteiger partial charge in [0.25, 0.3) is 0 Å². The zero-order chi connectivity index (χ0) is 24.8. The molecule has 1 aliphatic carbocycles. The van der Waals surface area contributed by atoms with Crippen molar-refractivity contribution in [3.63, 3.8) is 0 Å². The standard InChI is InChI=1S/C31H30BNO3/c1-19-9-8-12-26-29(19)22-10-6-7-11-25(22)33(26)21-14-16-28-24(18-21)23-17-20(13-15-27(23)34-28)32-35-30(2,3)31(4,5)36-32/h6-8,10-19H,9H2,1-5H3. The van der Waals surface area contributed by atoms with Gasteiger partial charge < -0.3 is 18.3 Å². The summed E-state index contributed by atoms with van der Waals surface area (Å²) in [6.07, 6.45) is 5.66. The fourth-order valence-corrected chi connectivity index (χ4v) is 5.79. The van der Waals surface area contributed by atoms with Crippen LogP contribution in [0.1, 0.15) is 58.2 Å². The summed E-state index contributed by atoms with van der Waals surface area (Å²) in [5.74, 6) is 0.497. The minimum absolute atomic E-state index is 0.377. The first-order chi connectivity index (χ1) is 17.2. The number of fused-ring (bicyclic) bond motifs is 6. The molecule has 3 aromatic carbocycles. The van der Waals surface area contributed by atoms with Crippen LogP contribution in [0.4, 0.5) is 0 Å². The van der Waals surface area contributed by atoms with E-state index in [1.165, 1.54) is 22.2 Å². The van der Waals surface area contributed by atoms with Crippen LogP contribution in [-0.4, -0.2) is 22.9 Å². The van der Waals surface area contributed by atoms with Crippen molar-refractivity contribution in [2.45, 2.75) is 58.2 Å². The van der Waals surface area contributed by atoms with Crippen LogP contribution >= 0.6 is 0 Å². The van der Waals surface area contributed by atoms with Crippen LogP contribution in [0.5, 0.6) is 0 Å². The van der Waals surface area contributed by atoms with Crippen molar-refractivity contribution >= 4 is 51.5 Å². The number of rotatable bonds is 2. The van der Waals surface area contributed by atoms with Crippen molar-refractivity contribution in [1.29, 1.82) is 0 Å². The van der Waals surface area contributed by atoms with Crippen molar-refractivity contribution in [3.05, 3.63) is 78.0 Å². The van der Waals surface area contributed by atoms with E-state index < -0.39 is 7.12 Å². The molecule has 36 heavy (non-hydrogen) atoms.